The molecule has 0 atom stereocenters. The van der Waals surface area contributed by atoms with Crippen LogP contribution in [-0.2, 0) is 0 Å². The molecule has 0 heterocycles. The average Bonchev–Trinajstić information content (AvgIpc) is 2.45. The van der Waals surface area contributed by atoms with E-state index in [1.165, 1.54) is 6.07 Å². The van der Waals surface area contributed by atoms with Crippen LogP contribution in [0.15, 0.2) is 50.4 Å². The zero-order valence-corrected chi connectivity index (χ0v) is 14.3. The second kappa shape index (κ2) is 6.87. The van der Waals surface area contributed by atoms with Gasteiger partial charge in [-0.1, -0.05) is 44.0 Å². The summed E-state index contributed by atoms with van der Waals surface area (Å²) in [6.07, 6.45) is 1.63. The molecular formula is C15H12Br2N2O2. The number of hydrazone groups is 1. The predicted octanol–water partition coefficient (Wildman–Crippen LogP) is 4.66. The molecule has 6 heteroatoms. The van der Waals surface area contributed by atoms with Crippen LogP contribution >= 0.6 is 31.9 Å². The number of hydrogen-bond donors (Lipinski definition) is 2. The van der Waals surface area contributed by atoms with Crippen LogP contribution in [0.25, 0.3) is 0 Å². The smallest absolute Gasteiger partial charge is 0.337 e. The van der Waals surface area contributed by atoms with Crippen LogP contribution in [0.3, 0.4) is 0 Å². The van der Waals surface area contributed by atoms with Gasteiger partial charge in [-0.2, -0.15) is 5.10 Å². The Balaban J connectivity index is 2.19. The van der Waals surface area contributed by atoms with Gasteiger partial charge in [0.1, 0.15) is 0 Å². The highest BCUT2D eigenvalue weighted by atomic mass is 79.9. The zero-order valence-electron chi connectivity index (χ0n) is 11.1. The van der Waals surface area contributed by atoms with Crippen molar-refractivity contribution in [1.29, 1.82) is 0 Å². The van der Waals surface area contributed by atoms with Crippen molar-refractivity contribution in [2.75, 3.05) is 5.43 Å². The van der Waals surface area contributed by atoms with Crippen molar-refractivity contribution < 1.29 is 9.90 Å². The van der Waals surface area contributed by atoms with Gasteiger partial charge < -0.3 is 5.11 Å². The molecule has 0 unspecified atom stereocenters. The molecule has 2 rings (SSSR count). The minimum atomic E-state index is -0.992. The molecule has 0 spiro atoms. The number of carboxylic acids is 1. The Hall–Kier alpha value is -1.66. The highest BCUT2D eigenvalue weighted by molar-refractivity contribution is 9.11. The first kappa shape index (κ1) is 15.7. The number of carboxylic acid groups (broad SMARTS) is 1. The van der Waals surface area contributed by atoms with Crippen molar-refractivity contribution in [2.24, 2.45) is 5.10 Å². The predicted molar refractivity (Wildman–Crippen MR) is 91.2 cm³/mol. The van der Waals surface area contributed by atoms with Gasteiger partial charge in [0.05, 0.1) is 17.5 Å². The molecule has 2 aromatic carbocycles. The topological polar surface area (TPSA) is 61.7 Å². The Morgan fingerprint density at radius 3 is 2.48 bits per heavy atom. The Morgan fingerprint density at radius 2 is 1.86 bits per heavy atom. The Morgan fingerprint density at radius 1 is 1.24 bits per heavy atom. The molecule has 0 fully saturated rings. The molecule has 0 saturated heterocycles. The third-order valence-electron chi connectivity index (χ3n) is 2.86. The highest BCUT2D eigenvalue weighted by Crippen LogP contribution is 2.25. The minimum Gasteiger partial charge on any atom is -0.478 e. The van der Waals surface area contributed by atoms with Crippen LogP contribution in [0.1, 0.15) is 21.5 Å². The molecule has 0 saturated carbocycles. The van der Waals surface area contributed by atoms with E-state index in [0.717, 1.165) is 20.1 Å². The second-order valence-electron chi connectivity index (χ2n) is 4.33. The monoisotopic (exact) mass is 410 g/mol. The average molecular weight is 412 g/mol. The maximum absolute atomic E-state index is 11.1. The number of hydrogen-bond acceptors (Lipinski definition) is 3. The highest BCUT2D eigenvalue weighted by Gasteiger charge is 2.07. The Bertz CT molecular complexity index is 692. The summed E-state index contributed by atoms with van der Waals surface area (Å²) in [4.78, 5) is 11.1. The van der Waals surface area contributed by atoms with Gasteiger partial charge in [-0.15, -0.1) is 0 Å². The molecule has 2 N–H and O–H groups in total. The molecule has 0 aliphatic rings. The van der Waals surface area contributed by atoms with Gasteiger partial charge >= 0.3 is 5.97 Å². The van der Waals surface area contributed by atoms with Gasteiger partial charge in [0, 0.05) is 8.95 Å². The molecule has 4 nitrogen and oxygen atoms in total. The number of carbonyl (C=O) groups is 1. The number of nitrogens with one attached hydrogen (secondary N) is 1. The molecule has 0 radical (unpaired) electrons. The van der Waals surface area contributed by atoms with Gasteiger partial charge in [-0.05, 0) is 42.3 Å². The first-order chi connectivity index (χ1) is 9.99. The van der Waals surface area contributed by atoms with Crippen LogP contribution in [0.2, 0.25) is 0 Å². The van der Waals surface area contributed by atoms with Crippen LogP contribution < -0.4 is 5.43 Å². The van der Waals surface area contributed by atoms with Crippen molar-refractivity contribution in [2.45, 2.75) is 6.92 Å². The van der Waals surface area contributed by atoms with Crippen LogP contribution in [0, 0.1) is 6.92 Å². The van der Waals surface area contributed by atoms with E-state index >= 15 is 0 Å². The summed E-state index contributed by atoms with van der Waals surface area (Å²) >= 11 is 6.95. The zero-order chi connectivity index (χ0) is 15.4. The summed E-state index contributed by atoms with van der Waals surface area (Å²) in [5.74, 6) is -0.992. The molecule has 0 bridgehead atoms. The van der Waals surface area contributed by atoms with E-state index in [1.807, 2.05) is 19.1 Å². The van der Waals surface area contributed by atoms with E-state index in [4.69, 9.17) is 5.11 Å². The Labute approximate surface area is 139 Å². The van der Waals surface area contributed by atoms with Gasteiger partial charge in [-0.3, -0.25) is 5.43 Å². The van der Waals surface area contributed by atoms with Crippen LogP contribution in [0.4, 0.5) is 5.69 Å². The van der Waals surface area contributed by atoms with Crippen molar-refractivity contribution in [1.82, 2.24) is 0 Å². The van der Waals surface area contributed by atoms with E-state index in [1.54, 1.807) is 24.4 Å². The number of benzene rings is 2. The Kier molecular flexibility index (Phi) is 5.14. The first-order valence-corrected chi connectivity index (χ1v) is 7.64. The number of aromatic carboxylic acids is 1. The molecule has 0 amide bonds. The van der Waals surface area contributed by atoms with Crippen molar-refractivity contribution in [3.8, 4) is 0 Å². The van der Waals surface area contributed by atoms with E-state index < -0.39 is 5.97 Å². The lowest BCUT2D eigenvalue weighted by atomic mass is 10.2. The lowest BCUT2D eigenvalue weighted by Crippen LogP contribution is -2.02. The van der Waals surface area contributed by atoms with E-state index in [9.17, 15) is 4.79 Å². The van der Waals surface area contributed by atoms with Crippen LogP contribution in [-0.4, -0.2) is 17.3 Å². The number of anilines is 1. The third kappa shape index (κ3) is 3.92. The lowest BCUT2D eigenvalue weighted by Gasteiger charge is -2.05. The maximum atomic E-state index is 11.1. The molecule has 0 aromatic heterocycles. The van der Waals surface area contributed by atoms with Crippen LogP contribution in [0.5, 0.6) is 0 Å². The SMILES string of the molecule is Cc1c(Br)cc(/C=N/Nc2ccccc2C(=O)O)cc1Br. The molecule has 21 heavy (non-hydrogen) atoms. The third-order valence-corrected chi connectivity index (χ3v) is 4.51. The fourth-order valence-corrected chi connectivity index (χ4v) is 2.90. The summed E-state index contributed by atoms with van der Waals surface area (Å²) in [7, 11) is 0. The molecule has 0 aliphatic carbocycles. The van der Waals surface area contributed by atoms with Gasteiger partial charge in [0.2, 0.25) is 0 Å². The normalized spacial score (nSPS) is 10.8. The van der Waals surface area contributed by atoms with Gasteiger partial charge in [-0.25, -0.2) is 4.79 Å². The summed E-state index contributed by atoms with van der Waals surface area (Å²) in [6.45, 7) is 2.00. The summed E-state index contributed by atoms with van der Waals surface area (Å²) in [6, 6.07) is 10.5. The largest absolute Gasteiger partial charge is 0.478 e. The van der Waals surface area contributed by atoms with Gasteiger partial charge in [0.15, 0.2) is 0 Å². The number of rotatable bonds is 4. The molecule has 108 valence electrons. The van der Waals surface area contributed by atoms with E-state index in [-0.39, 0.29) is 5.56 Å². The fraction of sp³-hybridized carbons (Fsp3) is 0.0667. The van der Waals surface area contributed by atoms with Crippen molar-refractivity contribution >= 4 is 49.7 Å². The minimum absolute atomic E-state index is 0.181. The molecular weight excluding hydrogens is 400 g/mol. The maximum Gasteiger partial charge on any atom is 0.337 e. The molecule has 2 aromatic rings. The lowest BCUT2D eigenvalue weighted by molar-refractivity contribution is 0.0698. The second-order valence-corrected chi connectivity index (χ2v) is 6.04. The van der Waals surface area contributed by atoms with E-state index in [2.05, 4.69) is 42.4 Å². The number of para-hydroxylation sites is 1. The van der Waals surface area contributed by atoms with Crippen molar-refractivity contribution in [3.05, 3.63) is 62.0 Å². The standard InChI is InChI=1S/C15H12Br2N2O2/c1-9-12(16)6-10(7-13(9)17)8-18-19-14-5-3-2-4-11(14)15(20)21/h2-8,19H,1H3,(H,20,21)/b18-8+. The quantitative estimate of drug-likeness (QED) is 0.567. The fourth-order valence-electron chi connectivity index (χ4n) is 1.68. The first-order valence-electron chi connectivity index (χ1n) is 6.06. The van der Waals surface area contributed by atoms with Crippen molar-refractivity contribution in [3.63, 3.8) is 0 Å². The molecule has 0 aliphatic heterocycles. The summed E-state index contributed by atoms with van der Waals surface area (Å²) in [5, 5.41) is 13.2. The van der Waals surface area contributed by atoms with Gasteiger partial charge in [0.25, 0.3) is 0 Å². The summed E-state index contributed by atoms with van der Waals surface area (Å²) < 4.78 is 1.95. The summed E-state index contributed by atoms with van der Waals surface area (Å²) in [5.41, 5.74) is 5.38. The van der Waals surface area contributed by atoms with E-state index in [0.29, 0.717) is 5.69 Å². The number of nitrogens with zero attached hydrogens (tertiary/aromatic N) is 1. The number of halogens is 2.